The van der Waals surface area contributed by atoms with E-state index >= 15 is 0 Å². The van der Waals surface area contributed by atoms with Crippen molar-refractivity contribution in [1.29, 1.82) is 0 Å². The molecule has 2 aliphatic rings. The van der Waals surface area contributed by atoms with Gasteiger partial charge in [-0.05, 0) is 24.3 Å². The van der Waals surface area contributed by atoms with Crippen molar-refractivity contribution < 1.29 is 9.59 Å². The van der Waals surface area contributed by atoms with Crippen molar-refractivity contribution in [3.8, 4) is 0 Å². The fourth-order valence-corrected chi connectivity index (χ4v) is 3.87. The van der Waals surface area contributed by atoms with Gasteiger partial charge in [-0.1, -0.05) is 18.2 Å². The first-order valence-corrected chi connectivity index (χ1v) is 9.93. The van der Waals surface area contributed by atoms with Gasteiger partial charge in [0.25, 0.3) is 0 Å². The van der Waals surface area contributed by atoms with Crippen LogP contribution in [0.3, 0.4) is 0 Å². The minimum absolute atomic E-state index is 0.0180. The fourth-order valence-electron chi connectivity index (χ4n) is 3.87. The van der Waals surface area contributed by atoms with Gasteiger partial charge in [-0.3, -0.25) is 9.59 Å². The van der Waals surface area contributed by atoms with Crippen molar-refractivity contribution in [3.63, 3.8) is 0 Å². The van der Waals surface area contributed by atoms with Gasteiger partial charge < -0.3 is 19.6 Å². The van der Waals surface area contributed by atoms with Crippen LogP contribution in [0.15, 0.2) is 42.5 Å². The van der Waals surface area contributed by atoms with Crippen LogP contribution in [0.4, 0.5) is 17.3 Å². The summed E-state index contributed by atoms with van der Waals surface area (Å²) < 4.78 is 0. The van der Waals surface area contributed by atoms with E-state index in [-0.39, 0.29) is 24.2 Å². The van der Waals surface area contributed by atoms with Crippen molar-refractivity contribution in [1.82, 2.24) is 15.1 Å². The van der Waals surface area contributed by atoms with E-state index in [4.69, 9.17) is 0 Å². The summed E-state index contributed by atoms with van der Waals surface area (Å²) in [7, 11) is 3.86. The molecule has 8 nitrogen and oxygen atoms in total. The number of carbonyl (C=O) groups is 2. The highest BCUT2D eigenvalue weighted by molar-refractivity contribution is 6.00. The van der Waals surface area contributed by atoms with Crippen molar-refractivity contribution in [3.05, 3.63) is 42.5 Å². The topological polar surface area (TPSA) is 72.9 Å². The number of hydrogen-bond donors (Lipinski definition) is 0. The van der Waals surface area contributed by atoms with Crippen LogP contribution >= 0.6 is 0 Å². The number of piperazine rings is 1. The molecule has 1 aromatic heterocycles. The zero-order chi connectivity index (χ0) is 20.4. The van der Waals surface area contributed by atoms with Gasteiger partial charge in [0.05, 0.1) is 5.92 Å². The van der Waals surface area contributed by atoms with Crippen LogP contribution < -0.4 is 14.7 Å². The van der Waals surface area contributed by atoms with E-state index in [1.54, 1.807) is 4.90 Å². The molecule has 0 radical (unpaired) electrons. The van der Waals surface area contributed by atoms with Crippen molar-refractivity contribution >= 4 is 29.1 Å². The van der Waals surface area contributed by atoms with Gasteiger partial charge in [0.2, 0.25) is 11.8 Å². The standard InChI is InChI=1S/C21H26N6O2/c1-24(2)18-8-9-19(23-22-18)25-10-12-26(13-11-25)21(29)16-14-20(28)27(15-16)17-6-4-3-5-7-17/h3-9,16H,10-15H2,1-2H3. The third kappa shape index (κ3) is 4.01. The highest BCUT2D eigenvalue weighted by Crippen LogP contribution is 2.26. The molecule has 2 fully saturated rings. The zero-order valence-electron chi connectivity index (χ0n) is 16.9. The molecular formula is C21H26N6O2. The Morgan fingerprint density at radius 2 is 1.72 bits per heavy atom. The van der Waals surface area contributed by atoms with Gasteiger partial charge in [-0.15, -0.1) is 10.2 Å². The summed E-state index contributed by atoms with van der Waals surface area (Å²) in [5.74, 6) is 1.47. The molecule has 29 heavy (non-hydrogen) atoms. The normalized spacial score (nSPS) is 19.6. The molecule has 2 saturated heterocycles. The van der Waals surface area contributed by atoms with Crippen LogP contribution in [-0.4, -0.2) is 73.7 Å². The number of hydrogen-bond acceptors (Lipinski definition) is 6. The van der Waals surface area contributed by atoms with Crippen LogP contribution in [0.2, 0.25) is 0 Å². The molecule has 152 valence electrons. The molecule has 2 aromatic rings. The van der Waals surface area contributed by atoms with Crippen LogP contribution in [0.1, 0.15) is 6.42 Å². The highest BCUT2D eigenvalue weighted by atomic mass is 16.2. The van der Waals surface area contributed by atoms with Crippen LogP contribution in [-0.2, 0) is 9.59 Å². The Balaban J connectivity index is 1.34. The smallest absolute Gasteiger partial charge is 0.228 e. The Kier molecular flexibility index (Phi) is 5.33. The predicted octanol–water partition coefficient (Wildman–Crippen LogP) is 1.24. The molecular weight excluding hydrogens is 368 g/mol. The first-order chi connectivity index (χ1) is 14.0. The van der Waals surface area contributed by atoms with E-state index in [0.29, 0.717) is 32.7 Å². The highest BCUT2D eigenvalue weighted by Gasteiger charge is 2.38. The van der Waals surface area contributed by atoms with Gasteiger partial charge >= 0.3 is 0 Å². The molecule has 0 spiro atoms. The molecule has 1 atom stereocenters. The van der Waals surface area contributed by atoms with E-state index < -0.39 is 0 Å². The summed E-state index contributed by atoms with van der Waals surface area (Å²) in [6, 6.07) is 13.5. The fraction of sp³-hybridized carbons (Fsp3) is 0.429. The summed E-state index contributed by atoms with van der Waals surface area (Å²) in [5, 5.41) is 8.53. The lowest BCUT2D eigenvalue weighted by atomic mass is 10.1. The minimum Gasteiger partial charge on any atom is -0.361 e. The van der Waals surface area contributed by atoms with Crippen LogP contribution in [0.5, 0.6) is 0 Å². The molecule has 0 saturated carbocycles. The summed E-state index contributed by atoms with van der Waals surface area (Å²) in [5.41, 5.74) is 0.859. The third-order valence-electron chi connectivity index (χ3n) is 5.55. The first-order valence-electron chi connectivity index (χ1n) is 9.93. The molecule has 1 unspecified atom stereocenters. The summed E-state index contributed by atoms with van der Waals surface area (Å²) in [4.78, 5) is 33.1. The maximum Gasteiger partial charge on any atom is 0.228 e. The molecule has 0 bridgehead atoms. The lowest BCUT2D eigenvalue weighted by molar-refractivity contribution is -0.136. The Bertz CT molecular complexity index is 862. The Morgan fingerprint density at radius 1 is 1.00 bits per heavy atom. The zero-order valence-corrected chi connectivity index (χ0v) is 16.9. The Hall–Kier alpha value is -3.16. The molecule has 3 heterocycles. The monoisotopic (exact) mass is 394 g/mol. The number of anilines is 3. The third-order valence-corrected chi connectivity index (χ3v) is 5.55. The van der Waals surface area contributed by atoms with Gasteiger partial charge in [-0.25, -0.2) is 0 Å². The van der Waals surface area contributed by atoms with Crippen LogP contribution in [0.25, 0.3) is 0 Å². The second kappa shape index (κ2) is 8.06. The SMILES string of the molecule is CN(C)c1ccc(N2CCN(C(=O)C3CC(=O)N(c4ccccc4)C3)CC2)nn1. The number of aromatic nitrogens is 2. The van der Waals surface area contributed by atoms with Crippen LogP contribution in [0, 0.1) is 5.92 Å². The van der Waals surface area contributed by atoms with Gasteiger partial charge in [0.15, 0.2) is 11.6 Å². The van der Waals surface area contributed by atoms with Crippen molar-refractivity contribution in [2.75, 3.05) is 61.5 Å². The quantitative estimate of drug-likeness (QED) is 0.777. The molecule has 2 aliphatic heterocycles. The molecule has 0 N–H and O–H groups in total. The molecule has 4 rings (SSSR count). The molecule has 0 aliphatic carbocycles. The number of para-hydroxylation sites is 1. The Labute approximate surface area is 170 Å². The molecule has 1 aromatic carbocycles. The maximum atomic E-state index is 13.0. The summed E-state index contributed by atoms with van der Waals surface area (Å²) in [6.07, 6.45) is 0.283. The predicted molar refractivity (Wildman–Crippen MR) is 112 cm³/mol. The van der Waals surface area contributed by atoms with E-state index in [1.165, 1.54) is 0 Å². The van der Waals surface area contributed by atoms with E-state index in [1.807, 2.05) is 66.4 Å². The largest absolute Gasteiger partial charge is 0.361 e. The Morgan fingerprint density at radius 3 is 2.34 bits per heavy atom. The number of carbonyl (C=O) groups excluding carboxylic acids is 2. The van der Waals surface area contributed by atoms with Gasteiger partial charge in [0, 0.05) is 58.9 Å². The number of benzene rings is 1. The molecule has 8 heteroatoms. The van der Waals surface area contributed by atoms with Crippen molar-refractivity contribution in [2.24, 2.45) is 5.92 Å². The summed E-state index contributed by atoms with van der Waals surface area (Å²) in [6.45, 7) is 3.15. The minimum atomic E-state index is -0.270. The van der Waals surface area contributed by atoms with Gasteiger partial charge in [0.1, 0.15) is 0 Å². The second-order valence-corrected chi connectivity index (χ2v) is 7.70. The second-order valence-electron chi connectivity index (χ2n) is 7.70. The maximum absolute atomic E-state index is 13.0. The van der Waals surface area contributed by atoms with E-state index in [9.17, 15) is 9.59 Å². The van der Waals surface area contributed by atoms with E-state index in [2.05, 4.69) is 15.1 Å². The average molecular weight is 394 g/mol. The number of amides is 2. The summed E-state index contributed by atoms with van der Waals surface area (Å²) >= 11 is 0. The lowest BCUT2D eigenvalue weighted by Crippen LogP contribution is -2.51. The lowest BCUT2D eigenvalue weighted by Gasteiger charge is -2.36. The van der Waals surface area contributed by atoms with E-state index in [0.717, 1.165) is 17.3 Å². The average Bonchev–Trinajstić information content (AvgIpc) is 3.15. The molecule has 2 amide bonds. The first kappa shape index (κ1) is 19.2. The van der Waals surface area contributed by atoms with Gasteiger partial charge in [-0.2, -0.15) is 0 Å². The number of rotatable bonds is 4. The van der Waals surface area contributed by atoms with Crippen molar-refractivity contribution in [2.45, 2.75) is 6.42 Å². The number of nitrogens with zero attached hydrogens (tertiary/aromatic N) is 6.